The number of benzene rings is 2. The molecule has 0 aliphatic heterocycles. The van der Waals surface area contributed by atoms with Crippen LogP contribution in [0.1, 0.15) is 17.2 Å². The number of rotatable bonds is 5. The predicted molar refractivity (Wildman–Crippen MR) is 74.1 cm³/mol. The largest absolute Gasteiger partial charge is 0.387 e. The van der Waals surface area contributed by atoms with Crippen LogP contribution in [-0.2, 0) is 6.54 Å². The van der Waals surface area contributed by atoms with E-state index in [0.29, 0.717) is 13.1 Å². The lowest BCUT2D eigenvalue weighted by molar-refractivity contribution is 0.123. The van der Waals surface area contributed by atoms with Gasteiger partial charge in [0, 0.05) is 19.2 Å². The van der Waals surface area contributed by atoms with E-state index in [1.807, 2.05) is 42.3 Å². The van der Waals surface area contributed by atoms with Gasteiger partial charge >= 0.3 is 0 Å². The third-order valence-electron chi connectivity index (χ3n) is 3.05. The van der Waals surface area contributed by atoms with Crippen molar-refractivity contribution >= 4 is 0 Å². The highest BCUT2D eigenvalue weighted by Crippen LogP contribution is 2.17. The molecule has 0 saturated heterocycles. The predicted octanol–water partition coefficient (Wildman–Crippen LogP) is 3.13. The zero-order valence-electron chi connectivity index (χ0n) is 11.3. The zero-order valence-corrected chi connectivity index (χ0v) is 11.3. The minimum absolute atomic E-state index is 0.252. The molecule has 106 valence electrons. The molecule has 0 radical (unpaired) electrons. The molecular formula is C16H17F2NO. The highest BCUT2D eigenvalue weighted by molar-refractivity contribution is 5.20. The molecule has 4 heteroatoms. The van der Waals surface area contributed by atoms with Crippen LogP contribution in [0.5, 0.6) is 0 Å². The summed E-state index contributed by atoms with van der Waals surface area (Å²) in [5, 5.41) is 10.0. The number of hydrogen-bond donors (Lipinski definition) is 1. The van der Waals surface area contributed by atoms with E-state index in [-0.39, 0.29) is 5.56 Å². The SMILES string of the molecule is CN(Cc1ccccc1)C[C@H](O)c1cc(F)cc(F)c1. The van der Waals surface area contributed by atoms with E-state index in [1.165, 1.54) is 0 Å². The minimum Gasteiger partial charge on any atom is -0.387 e. The molecule has 0 saturated carbocycles. The summed E-state index contributed by atoms with van der Waals surface area (Å²) in [6.45, 7) is 0.966. The second-order valence-electron chi connectivity index (χ2n) is 4.90. The first-order valence-corrected chi connectivity index (χ1v) is 6.41. The van der Waals surface area contributed by atoms with Crippen LogP contribution < -0.4 is 0 Å². The molecule has 0 aromatic heterocycles. The van der Waals surface area contributed by atoms with Gasteiger partial charge in [0.25, 0.3) is 0 Å². The molecule has 0 heterocycles. The van der Waals surface area contributed by atoms with Gasteiger partial charge in [-0.25, -0.2) is 8.78 Å². The van der Waals surface area contributed by atoms with Crippen molar-refractivity contribution in [1.82, 2.24) is 4.90 Å². The van der Waals surface area contributed by atoms with Gasteiger partial charge in [0.1, 0.15) is 11.6 Å². The first-order chi connectivity index (χ1) is 9.54. The molecular weight excluding hydrogens is 260 g/mol. The zero-order chi connectivity index (χ0) is 14.5. The third kappa shape index (κ3) is 4.11. The summed E-state index contributed by atoms with van der Waals surface area (Å²) in [7, 11) is 1.85. The lowest BCUT2D eigenvalue weighted by Gasteiger charge is -2.21. The molecule has 0 aliphatic rings. The fourth-order valence-electron chi connectivity index (χ4n) is 2.13. The van der Waals surface area contributed by atoms with Crippen LogP contribution in [0.15, 0.2) is 48.5 Å². The number of aliphatic hydroxyl groups excluding tert-OH is 1. The Morgan fingerprint density at radius 2 is 1.65 bits per heavy atom. The van der Waals surface area contributed by atoms with Gasteiger partial charge in [-0.15, -0.1) is 0 Å². The highest BCUT2D eigenvalue weighted by Gasteiger charge is 2.13. The minimum atomic E-state index is -0.922. The number of aliphatic hydroxyl groups is 1. The van der Waals surface area contributed by atoms with Gasteiger partial charge in [-0.05, 0) is 30.3 Å². The second-order valence-corrected chi connectivity index (χ2v) is 4.90. The normalized spacial score (nSPS) is 12.7. The molecule has 2 nitrogen and oxygen atoms in total. The van der Waals surface area contributed by atoms with E-state index >= 15 is 0 Å². The molecule has 2 aromatic carbocycles. The molecule has 2 rings (SSSR count). The van der Waals surface area contributed by atoms with Crippen molar-refractivity contribution in [1.29, 1.82) is 0 Å². The maximum atomic E-state index is 13.1. The Kier molecular flexibility index (Phi) is 4.82. The number of nitrogens with zero attached hydrogens (tertiary/aromatic N) is 1. The van der Waals surface area contributed by atoms with E-state index in [1.54, 1.807) is 0 Å². The number of halogens is 2. The molecule has 0 fully saturated rings. The summed E-state index contributed by atoms with van der Waals surface area (Å²) < 4.78 is 26.2. The van der Waals surface area contributed by atoms with E-state index in [4.69, 9.17) is 0 Å². The third-order valence-corrected chi connectivity index (χ3v) is 3.05. The van der Waals surface area contributed by atoms with Crippen molar-refractivity contribution in [3.63, 3.8) is 0 Å². The van der Waals surface area contributed by atoms with E-state index in [9.17, 15) is 13.9 Å². The van der Waals surface area contributed by atoms with Gasteiger partial charge in [0.05, 0.1) is 6.10 Å². The summed E-state index contributed by atoms with van der Waals surface area (Å²) >= 11 is 0. The first kappa shape index (κ1) is 14.6. The molecule has 0 unspecified atom stereocenters. The van der Waals surface area contributed by atoms with Gasteiger partial charge in [-0.1, -0.05) is 30.3 Å². The van der Waals surface area contributed by atoms with Crippen LogP contribution in [0.25, 0.3) is 0 Å². The Balaban J connectivity index is 1.98. The molecule has 20 heavy (non-hydrogen) atoms. The van der Waals surface area contributed by atoms with Crippen molar-refractivity contribution in [2.24, 2.45) is 0 Å². The Labute approximate surface area is 117 Å². The summed E-state index contributed by atoms with van der Waals surface area (Å²) in [6, 6.07) is 12.9. The van der Waals surface area contributed by atoms with Crippen molar-refractivity contribution < 1.29 is 13.9 Å². The Bertz CT molecular complexity index is 539. The van der Waals surface area contributed by atoms with E-state index in [0.717, 1.165) is 23.8 Å². The summed E-state index contributed by atoms with van der Waals surface area (Å²) in [5.41, 5.74) is 1.37. The summed E-state index contributed by atoms with van der Waals surface area (Å²) in [4.78, 5) is 1.91. The van der Waals surface area contributed by atoms with Gasteiger partial charge < -0.3 is 5.11 Å². The molecule has 1 N–H and O–H groups in total. The van der Waals surface area contributed by atoms with Crippen LogP contribution in [0.3, 0.4) is 0 Å². The smallest absolute Gasteiger partial charge is 0.126 e. The van der Waals surface area contributed by atoms with Gasteiger partial charge in [-0.3, -0.25) is 4.90 Å². The van der Waals surface area contributed by atoms with Crippen LogP contribution in [0, 0.1) is 11.6 Å². The average Bonchev–Trinajstić information content (AvgIpc) is 2.38. The maximum absolute atomic E-state index is 13.1. The van der Waals surface area contributed by atoms with E-state index < -0.39 is 17.7 Å². The quantitative estimate of drug-likeness (QED) is 0.907. The average molecular weight is 277 g/mol. The molecule has 1 atom stereocenters. The fourth-order valence-corrected chi connectivity index (χ4v) is 2.13. The molecule has 0 spiro atoms. The highest BCUT2D eigenvalue weighted by atomic mass is 19.1. The first-order valence-electron chi connectivity index (χ1n) is 6.41. The number of hydrogen-bond acceptors (Lipinski definition) is 2. The number of likely N-dealkylation sites (N-methyl/N-ethyl adjacent to an activating group) is 1. The van der Waals surface area contributed by atoms with Crippen molar-refractivity contribution in [3.05, 3.63) is 71.3 Å². The molecule has 0 bridgehead atoms. The van der Waals surface area contributed by atoms with Crippen molar-refractivity contribution in [2.75, 3.05) is 13.6 Å². The lowest BCUT2D eigenvalue weighted by Crippen LogP contribution is -2.24. The van der Waals surface area contributed by atoms with Crippen LogP contribution in [0.2, 0.25) is 0 Å². The Morgan fingerprint density at radius 1 is 1.05 bits per heavy atom. The van der Waals surface area contributed by atoms with Crippen molar-refractivity contribution in [2.45, 2.75) is 12.6 Å². The maximum Gasteiger partial charge on any atom is 0.126 e. The van der Waals surface area contributed by atoms with E-state index in [2.05, 4.69) is 0 Å². The van der Waals surface area contributed by atoms with Gasteiger partial charge in [0.2, 0.25) is 0 Å². The fraction of sp³-hybridized carbons (Fsp3) is 0.250. The molecule has 0 amide bonds. The molecule has 2 aromatic rings. The monoisotopic (exact) mass is 277 g/mol. The van der Waals surface area contributed by atoms with Gasteiger partial charge in [0.15, 0.2) is 0 Å². The van der Waals surface area contributed by atoms with Crippen LogP contribution in [0.4, 0.5) is 8.78 Å². The topological polar surface area (TPSA) is 23.5 Å². The molecule has 0 aliphatic carbocycles. The summed E-state index contributed by atoms with van der Waals surface area (Å²) in [5.74, 6) is -1.35. The van der Waals surface area contributed by atoms with Crippen molar-refractivity contribution in [3.8, 4) is 0 Å². The van der Waals surface area contributed by atoms with Crippen LogP contribution >= 0.6 is 0 Å². The lowest BCUT2D eigenvalue weighted by atomic mass is 10.1. The Hall–Kier alpha value is -1.78. The van der Waals surface area contributed by atoms with Crippen LogP contribution in [-0.4, -0.2) is 23.6 Å². The standard InChI is InChI=1S/C16H17F2NO/c1-19(10-12-5-3-2-4-6-12)11-16(20)13-7-14(17)9-15(18)8-13/h2-9,16,20H,10-11H2,1H3/t16-/m0/s1. The summed E-state index contributed by atoms with van der Waals surface area (Å²) in [6.07, 6.45) is -0.922. The second kappa shape index (κ2) is 6.59. The Morgan fingerprint density at radius 3 is 2.25 bits per heavy atom. The van der Waals surface area contributed by atoms with Gasteiger partial charge in [-0.2, -0.15) is 0 Å².